The normalized spacial score (nSPS) is 13.6. The summed E-state index contributed by atoms with van der Waals surface area (Å²) < 4.78 is 0. The van der Waals surface area contributed by atoms with E-state index in [-0.39, 0.29) is 24.3 Å². The molecule has 1 aromatic rings. The Morgan fingerprint density at radius 2 is 1.85 bits per heavy atom. The van der Waals surface area contributed by atoms with Crippen molar-refractivity contribution in [3.05, 3.63) is 5.01 Å². The van der Waals surface area contributed by atoms with E-state index >= 15 is 0 Å². The summed E-state index contributed by atoms with van der Waals surface area (Å²) in [6.07, 6.45) is 0.0971. The molecular formula is C15H27N7O3S. The van der Waals surface area contributed by atoms with Gasteiger partial charge in [-0.15, -0.1) is 10.2 Å². The van der Waals surface area contributed by atoms with E-state index in [0.29, 0.717) is 16.7 Å². The van der Waals surface area contributed by atoms with Crippen molar-refractivity contribution >= 4 is 34.3 Å². The number of nitrogens with two attached hydrogens (primary N) is 2. The van der Waals surface area contributed by atoms with E-state index in [2.05, 4.69) is 20.8 Å². The van der Waals surface area contributed by atoms with E-state index in [1.165, 1.54) is 4.90 Å². The molecule has 2 unspecified atom stereocenters. The standard InChI is InChI=1S/C15H27N7O3S/c1-8(18-12(24)11(15(2,3)4)19-13(16)25)7-22(5)10(23)6-9-20-21-14(17)26-9/h8,11H,6-7H2,1-5H3,(H2,17,21)(H,18,24)(H3,16,19,25). The van der Waals surface area contributed by atoms with Crippen LogP contribution in [0.2, 0.25) is 0 Å². The van der Waals surface area contributed by atoms with Gasteiger partial charge in [-0.05, 0) is 12.3 Å². The number of amides is 4. The number of likely N-dealkylation sites (N-methyl/N-ethyl adjacent to an activating group) is 1. The third-order valence-electron chi connectivity index (χ3n) is 3.56. The van der Waals surface area contributed by atoms with E-state index in [1.54, 1.807) is 14.0 Å². The largest absolute Gasteiger partial charge is 0.374 e. The Bertz CT molecular complexity index is 656. The van der Waals surface area contributed by atoms with Crippen molar-refractivity contribution in [3.8, 4) is 0 Å². The van der Waals surface area contributed by atoms with Crippen LogP contribution in [0.25, 0.3) is 0 Å². The van der Waals surface area contributed by atoms with Crippen molar-refractivity contribution in [3.63, 3.8) is 0 Å². The molecule has 0 aromatic carbocycles. The van der Waals surface area contributed by atoms with Crippen LogP contribution in [0.5, 0.6) is 0 Å². The first-order valence-electron chi connectivity index (χ1n) is 8.08. The maximum absolute atomic E-state index is 12.5. The number of carbonyl (C=O) groups excluding carboxylic acids is 3. The van der Waals surface area contributed by atoms with Gasteiger partial charge in [0.15, 0.2) is 0 Å². The van der Waals surface area contributed by atoms with Gasteiger partial charge in [0.1, 0.15) is 11.0 Å². The summed E-state index contributed by atoms with van der Waals surface area (Å²) in [6.45, 7) is 7.53. The van der Waals surface area contributed by atoms with Crippen LogP contribution >= 0.6 is 11.3 Å². The van der Waals surface area contributed by atoms with Gasteiger partial charge >= 0.3 is 6.03 Å². The van der Waals surface area contributed by atoms with E-state index in [0.717, 1.165) is 11.3 Å². The quantitative estimate of drug-likeness (QED) is 0.505. The summed E-state index contributed by atoms with van der Waals surface area (Å²) in [7, 11) is 1.64. The Labute approximate surface area is 156 Å². The molecule has 0 saturated carbocycles. The molecule has 0 spiro atoms. The molecule has 1 aromatic heterocycles. The van der Waals surface area contributed by atoms with E-state index in [4.69, 9.17) is 11.5 Å². The van der Waals surface area contributed by atoms with Crippen molar-refractivity contribution in [1.82, 2.24) is 25.7 Å². The lowest BCUT2D eigenvalue weighted by Crippen LogP contribution is -2.57. The molecule has 1 rings (SSSR count). The first-order chi connectivity index (χ1) is 11.9. The monoisotopic (exact) mass is 385 g/mol. The number of carbonyl (C=O) groups is 3. The highest BCUT2D eigenvalue weighted by molar-refractivity contribution is 7.15. The van der Waals surface area contributed by atoms with Crippen LogP contribution in [0.3, 0.4) is 0 Å². The number of nitrogens with zero attached hydrogens (tertiary/aromatic N) is 3. The predicted molar refractivity (Wildman–Crippen MR) is 99.2 cm³/mol. The SMILES string of the molecule is CC(CN(C)C(=O)Cc1nnc(N)s1)NC(=O)C(NC(N)=O)C(C)(C)C. The maximum atomic E-state index is 12.5. The van der Waals surface area contributed by atoms with Crippen molar-refractivity contribution in [1.29, 1.82) is 0 Å². The molecule has 0 saturated heterocycles. The molecule has 6 N–H and O–H groups in total. The summed E-state index contributed by atoms with van der Waals surface area (Å²) in [5.41, 5.74) is 10.1. The fourth-order valence-electron chi connectivity index (χ4n) is 2.30. The molecule has 0 aliphatic heterocycles. The first-order valence-corrected chi connectivity index (χ1v) is 8.90. The van der Waals surface area contributed by atoms with Gasteiger partial charge in [-0.1, -0.05) is 32.1 Å². The maximum Gasteiger partial charge on any atom is 0.312 e. The Hall–Kier alpha value is -2.43. The number of hydrogen-bond acceptors (Lipinski definition) is 7. The highest BCUT2D eigenvalue weighted by atomic mass is 32.1. The van der Waals surface area contributed by atoms with Gasteiger partial charge in [0.25, 0.3) is 0 Å². The Balaban J connectivity index is 2.59. The fraction of sp³-hybridized carbons (Fsp3) is 0.667. The lowest BCUT2D eigenvalue weighted by molar-refractivity contribution is -0.131. The lowest BCUT2D eigenvalue weighted by atomic mass is 9.86. The van der Waals surface area contributed by atoms with Crippen LogP contribution in [0.1, 0.15) is 32.7 Å². The van der Waals surface area contributed by atoms with Gasteiger partial charge in [-0.2, -0.15) is 0 Å². The zero-order valence-electron chi connectivity index (χ0n) is 15.7. The number of hydrogen-bond donors (Lipinski definition) is 4. The number of rotatable bonds is 7. The molecule has 2 atom stereocenters. The molecule has 0 aliphatic carbocycles. The number of nitrogen functional groups attached to an aromatic ring is 1. The van der Waals surface area contributed by atoms with E-state index < -0.39 is 17.5 Å². The molecule has 26 heavy (non-hydrogen) atoms. The smallest absolute Gasteiger partial charge is 0.312 e. The Morgan fingerprint density at radius 1 is 1.23 bits per heavy atom. The molecule has 10 nitrogen and oxygen atoms in total. The summed E-state index contributed by atoms with van der Waals surface area (Å²) in [5.74, 6) is -0.522. The first kappa shape index (κ1) is 21.6. The zero-order chi connectivity index (χ0) is 20.1. The number of primary amides is 1. The number of urea groups is 1. The minimum Gasteiger partial charge on any atom is -0.374 e. The number of nitrogens with one attached hydrogen (secondary N) is 2. The summed E-state index contributed by atoms with van der Waals surface area (Å²) in [6, 6.07) is -1.88. The average molecular weight is 385 g/mol. The van der Waals surface area contributed by atoms with Crippen LogP contribution in [0.4, 0.5) is 9.93 Å². The third kappa shape index (κ3) is 6.82. The van der Waals surface area contributed by atoms with Gasteiger partial charge in [-0.25, -0.2) is 4.79 Å². The summed E-state index contributed by atoms with van der Waals surface area (Å²) >= 11 is 1.16. The van der Waals surface area contributed by atoms with Crippen LogP contribution in [0.15, 0.2) is 0 Å². The van der Waals surface area contributed by atoms with E-state index in [1.807, 2.05) is 20.8 Å². The molecule has 146 valence electrons. The number of anilines is 1. The Kier molecular flexibility index (Phi) is 7.30. The predicted octanol–water partition coefficient (Wildman–Crippen LogP) is -0.291. The molecule has 0 radical (unpaired) electrons. The van der Waals surface area contributed by atoms with Gasteiger partial charge in [0, 0.05) is 19.6 Å². The highest BCUT2D eigenvalue weighted by Gasteiger charge is 2.33. The van der Waals surface area contributed by atoms with E-state index in [9.17, 15) is 14.4 Å². The second-order valence-corrected chi connectivity index (χ2v) is 8.30. The summed E-state index contributed by atoms with van der Waals surface area (Å²) in [5, 5.41) is 13.6. The van der Waals surface area contributed by atoms with Gasteiger partial charge in [0.2, 0.25) is 16.9 Å². The second kappa shape index (κ2) is 8.79. The molecule has 11 heteroatoms. The van der Waals surface area contributed by atoms with Crippen molar-refractivity contribution in [2.45, 2.75) is 46.2 Å². The second-order valence-electron chi connectivity index (χ2n) is 7.20. The highest BCUT2D eigenvalue weighted by Crippen LogP contribution is 2.19. The lowest BCUT2D eigenvalue weighted by Gasteiger charge is -2.31. The Morgan fingerprint density at radius 3 is 2.31 bits per heavy atom. The van der Waals surface area contributed by atoms with Crippen molar-refractivity contribution in [2.75, 3.05) is 19.3 Å². The summed E-state index contributed by atoms with van der Waals surface area (Å²) in [4.78, 5) is 37.3. The van der Waals surface area contributed by atoms with Crippen molar-refractivity contribution < 1.29 is 14.4 Å². The molecule has 4 amide bonds. The molecule has 0 aliphatic rings. The third-order valence-corrected chi connectivity index (χ3v) is 4.31. The number of aromatic nitrogens is 2. The molecule has 0 bridgehead atoms. The van der Waals surface area contributed by atoms with Gasteiger partial charge < -0.3 is 27.0 Å². The average Bonchev–Trinajstić information content (AvgIpc) is 2.88. The van der Waals surface area contributed by atoms with Crippen LogP contribution < -0.4 is 22.1 Å². The van der Waals surface area contributed by atoms with Crippen LogP contribution in [0, 0.1) is 5.41 Å². The fourth-order valence-corrected chi connectivity index (χ4v) is 2.90. The topological polar surface area (TPSA) is 156 Å². The van der Waals surface area contributed by atoms with Crippen LogP contribution in [-0.4, -0.2) is 58.6 Å². The minimum atomic E-state index is -0.784. The van der Waals surface area contributed by atoms with Gasteiger partial charge in [-0.3, -0.25) is 9.59 Å². The molecule has 0 fully saturated rings. The van der Waals surface area contributed by atoms with Crippen molar-refractivity contribution in [2.24, 2.45) is 11.1 Å². The molecular weight excluding hydrogens is 358 g/mol. The minimum absolute atomic E-state index is 0.0971. The zero-order valence-corrected chi connectivity index (χ0v) is 16.5. The van der Waals surface area contributed by atoms with Gasteiger partial charge in [0.05, 0.1) is 6.42 Å². The molecule has 1 heterocycles. The van der Waals surface area contributed by atoms with Crippen LogP contribution in [-0.2, 0) is 16.0 Å².